The second kappa shape index (κ2) is 8.05. The molecule has 1 atom stereocenters. The molecule has 2 aromatic carbocycles. The van der Waals surface area contributed by atoms with E-state index in [0.29, 0.717) is 0 Å². The lowest BCUT2D eigenvalue weighted by atomic mass is 10.1. The summed E-state index contributed by atoms with van der Waals surface area (Å²) in [6.45, 7) is 0. The summed E-state index contributed by atoms with van der Waals surface area (Å²) in [6, 6.07) is 12.3. The van der Waals surface area contributed by atoms with Crippen molar-refractivity contribution in [2.45, 2.75) is 12.5 Å². The number of methoxy groups -OCH3 is 1. The smallest absolute Gasteiger partial charge is 0.328 e. The number of esters is 1. The molecule has 0 heterocycles. The lowest BCUT2D eigenvalue weighted by Gasteiger charge is -2.17. The van der Waals surface area contributed by atoms with Crippen molar-refractivity contribution in [2.24, 2.45) is 0 Å². The van der Waals surface area contributed by atoms with Crippen LogP contribution in [0.25, 0.3) is 0 Å². The molecule has 1 amide bonds. The molecule has 4 nitrogen and oxygen atoms in total. The van der Waals surface area contributed by atoms with Crippen LogP contribution in [0.2, 0.25) is 0 Å². The van der Waals surface area contributed by atoms with Crippen molar-refractivity contribution in [1.82, 2.24) is 5.32 Å². The predicted molar refractivity (Wildman–Crippen MR) is 92.5 cm³/mol. The number of rotatable bonds is 5. The van der Waals surface area contributed by atoms with Gasteiger partial charge >= 0.3 is 5.97 Å². The van der Waals surface area contributed by atoms with Gasteiger partial charge in [-0.2, -0.15) is 0 Å². The Balaban J connectivity index is 2.15. The number of ether oxygens (including phenoxy) is 1. The maximum absolute atomic E-state index is 13.7. The van der Waals surface area contributed by atoms with Crippen LogP contribution in [0.15, 0.2) is 48.5 Å². The standard InChI is InChI=1S/C17H15FINO3/c1-23-17(22)15(10-11-6-8-12(19)9-7-11)20-16(21)13-4-2-3-5-14(13)18/h2-9,15H,10H2,1H3,(H,20,21)/t15-/m1/s1. The highest BCUT2D eigenvalue weighted by molar-refractivity contribution is 14.1. The molecular formula is C17H15FINO3. The third-order valence-corrected chi connectivity index (χ3v) is 3.98. The first-order valence-electron chi connectivity index (χ1n) is 6.89. The number of benzene rings is 2. The van der Waals surface area contributed by atoms with Crippen molar-refractivity contribution < 1.29 is 18.7 Å². The van der Waals surface area contributed by atoms with Crippen molar-refractivity contribution in [1.29, 1.82) is 0 Å². The number of carbonyl (C=O) groups excluding carboxylic acids is 2. The molecule has 6 heteroatoms. The lowest BCUT2D eigenvalue weighted by molar-refractivity contribution is -0.142. The monoisotopic (exact) mass is 427 g/mol. The van der Waals surface area contributed by atoms with Crippen LogP contribution in [0.3, 0.4) is 0 Å². The molecule has 0 aliphatic carbocycles. The third-order valence-electron chi connectivity index (χ3n) is 3.26. The van der Waals surface area contributed by atoms with Gasteiger partial charge in [0.15, 0.2) is 0 Å². The van der Waals surface area contributed by atoms with Gasteiger partial charge in [0.2, 0.25) is 0 Å². The van der Waals surface area contributed by atoms with Crippen molar-refractivity contribution in [3.8, 4) is 0 Å². The second-order valence-electron chi connectivity index (χ2n) is 4.86. The molecule has 0 unspecified atom stereocenters. The largest absolute Gasteiger partial charge is 0.467 e. The molecule has 2 rings (SSSR count). The van der Waals surface area contributed by atoms with Gasteiger partial charge in [0, 0.05) is 9.99 Å². The van der Waals surface area contributed by atoms with Crippen molar-refractivity contribution >= 4 is 34.5 Å². The molecule has 120 valence electrons. The Morgan fingerprint density at radius 3 is 2.43 bits per heavy atom. The molecule has 0 aliphatic heterocycles. The Morgan fingerprint density at radius 1 is 1.17 bits per heavy atom. The second-order valence-corrected chi connectivity index (χ2v) is 6.11. The Hall–Kier alpha value is -1.96. The topological polar surface area (TPSA) is 55.4 Å². The van der Waals surface area contributed by atoms with E-state index in [1.165, 1.54) is 25.3 Å². The van der Waals surface area contributed by atoms with E-state index in [0.717, 1.165) is 9.13 Å². The van der Waals surface area contributed by atoms with Crippen LogP contribution in [-0.2, 0) is 16.0 Å². The van der Waals surface area contributed by atoms with E-state index in [1.807, 2.05) is 24.3 Å². The maximum Gasteiger partial charge on any atom is 0.328 e. The number of nitrogens with one attached hydrogen (secondary N) is 1. The third kappa shape index (κ3) is 4.75. The van der Waals surface area contributed by atoms with Crippen LogP contribution < -0.4 is 5.32 Å². The lowest BCUT2D eigenvalue weighted by Crippen LogP contribution is -2.43. The minimum absolute atomic E-state index is 0.107. The van der Waals surface area contributed by atoms with E-state index < -0.39 is 23.7 Å². The minimum atomic E-state index is -0.882. The van der Waals surface area contributed by atoms with E-state index in [9.17, 15) is 14.0 Å². The molecule has 0 radical (unpaired) electrons. The predicted octanol–water partition coefficient (Wildman–Crippen LogP) is 2.94. The summed E-state index contributed by atoms with van der Waals surface area (Å²) in [5.41, 5.74) is 0.763. The zero-order valence-electron chi connectivity index (χ0n) is 12.4. The SMILES string of the molecule is COC(=O)[C@@H](Cc1ccc(I)cc1)NC(=O)c1ccccc1F. The Labute approximate surface area is 147 Å². The highest BCUT2D eigenvalue weighted by Crippen LogP contribution is 2.11. The fraction of sp³-hybridized carbons (Fsp3) is 0.176. The number of carbonyl (C=O) groups is 2. The summed E-state index contributed by atoms with van der Waals surface area (Å²) in [6.07, 6.45) is 0.268. The van der Waals surface area contributed by atoms with Gasteiger partial charge in [-0.1, -0.05) is 24.3 Å². The Bertz CT molecular complexity index is 703. The molecule has 1 N–H and O–H groups in total. The molecule has 0 aromatic heterocycles. The fourth-order valence-electron chi connectivity index (χ4n) is 2.07. The molecule has 23 heavy (non-hydrogen) atoms. The van der Waals surface area contributed by atoms with Crippen LogP contribution in [0.4, 0.5) is 4.39 Å². The summed E-state index contributed by atoms with van der Waals surface area (Å²) in [7, 11) is 1.25. The maximum atomic E-state index is 13.7. The number of halogens is 2. The number of amides is 1. The number of hydrogen-bond donors (Lipinski definition) is 1. The van der Waals surface area contributed by atoms with Crippen LogP contribution in [0, 0.1) is 9.39 Å². The van der Waals surface area contributed by atoms with Gasteiger partial charge in [-0.05, 0) is 52.4 Å². The molecule has 0 fully saturated rings. The van der Waals surface area contributed by atoms with E-state index in [-0.39, 0.29) is 12.0 Å². The first kappa shape index (κ1) is 17.4. The molecule has 2 aromatic rings. The molecule has 0 spiro atoms. The molecular weight excluding hydrogens is 412 g/mol. The highest BCUT2D eigenvalue weighted by Gasteiger charge is 2.23. The van der Waals surface area contributed by atoms with Crippen LogP contribution in [0.1, 0.15) is 15.9 Å². The quantitative estimate of drug-likeness (QED) is 0.590. The first-order chi connectivity index (χ1) is 11.0. The molecule has 0 bridgehead atoms. The van der Waals surface area contributed by atoms with Crippen LogP contribution in [-0.4, -0.2) is 25.0 Å². The number of hydrogen-bond acceptors (Lipinski definition) is 3. The normalized spacial score (nSPS) is 11.6. The summed E-state index contributed by atoms with van der Waals surface area (Å²) >= 11 is 2.18. The van der Waals surface area contributed by atoms with Crippen molar-refractivity contribution in [2.75, 3.05) is 7.11 Å². The van der Waals surface area contributed by atoms with Gasteiger partial charge in [-0.25, -0.2) is 9.18 Å². The fourth-order valence-corrected chi connectivity index (χ4v) is 2.43. The van der Waals surface area contributed by atoms with E-state index in [1.54, 1.807) is 6.07 Å². The van der Waals surface area contributed by atoms with Gasteiger partial charge in [0.1, 0.15) is 11.9 Å². The van der Waals surface area contributed by atoms with Gasteiger partial charge in [0.25, 0.3) is 5.91 Å². The molecule has 0 saturated carbocycles. The summed E-state index contributed by atoms with van der Waals surface area (Å²) in [5, 5.41) is 2.53. The van der Waals surface area contributed by atoms with Crippen LogP contribution >= 0.6 is 22.6 Å². The Kier molecular flexibility index (Phi) is 6.09. The average molecular weight is 427 g/mol. The van der Waals surface area contributed by atoms with Crippen molar-refractivity contribution in [3.63, 3.8) is 0 Å². The highest BCUT2D eigenvalue weighted by atomic mass is 127. The van der Waals surface area contributed by atoms with Gasteiger partial charge in [-0.15, -0.1) is 0 Å². The summed E-state index contributed by atoms with van der Waals surface area (Å²) in [5.74, 6) is -1.86. The summed E-state index contributed by atoms with van der Waals surface area (Å²) < 4.78 is 19.5. The Morgan fingerprint density at radius 2 is 1.83 bits per heavy atom. The van der Waals surface area contributed by atoms with E-state index in [4.69, 9.17) is 4.74 Å². The zero-order valence-corrected chi connectivity index (χ0v) is 14.5. The summed E-state index contributed by atoms with van der Waals surface area (Å²) in [4.78, 5) is 24.1. The average Bonchev–Trinajstić information content (AvgIpc) is 2.55. The van der Waals surface area contributed by atoms with Gasteiger partial charge < -0.3 is 10.1 Å². The van der Waals surface area contributed by atoms with Crippen molar-refractivity contribution in [3.05, 3.63) is 69.0 Å². The van der Waals surface area contributed by atoms with Gasteiger partial charge in [-0.3, -0.25) is 4.79 Å². The zero-order chi connectivity index (χ0) is 16.8. The molecule has 0 aliphatic rings. The first-order valence-corrected chi connectivity index (χ1v) is 7.97. The van der Waals surface area contributed by atoms with E-state index in [2.05, 4.69) is 27.9 Å². The van der Waals surface area contributed by atoms with Crippen LogP contribution in [0.5, 0.6) is 0 Å². The minimum Gasteiger partial charge on any atom is -0.467 e. The molecule has 0 saturated heterocycles. The van der Waals surface area contributed by atoms with E-state index >= 15 is 0 Å². The van der Waals surface area contributed by atoms with Gasteiger partial charge in [0.05, 0.1) is 12.7 Å².